The molecule has 0 aliphatic heterocycles. The zero-order chi connectivity index (χ0) is 19.4. The predicted molar refractivity (Wildman–Crippen MR) is 109 cm³/mol. The molecule has 0 saturated carbocycles. The van der Waals surface area contributed by atoms with Crippen molar-refractivity contribution in [1.29, 1.82) is 0 Å². The number of amides is 2. The van der Waals surface area contributed by atoms with Gasteiger partial charge in [-0.2, -0.15) is 0 Å². The van der Waals surface area contributed by atoms with E-state index < -0.39 is 0 Å². The molecule has 5 heteroatoms. The average Bonchev–Trinajstić information content (AvgIpc) is 2.62. The molecule has 0 radical (unpaired) electrons. The number of nitrogens with one attached hydrogen (secondary N) is 2. The van der Waals surface area contributed by atoms with Crippen LogP contribution in [0.3, 0.4) is 0 Å². The van der Waals surface area contributed by atoms with Crippen molar-refractivity contribution in [3.8, 4) is 5.75 Å². The van der Waals surface area contributed by atoms with E-state index in [9.17, 15) is 4.79 Å². The zero-order valence-electron chi connectivity index (χ0n) is 16.2. The van der Waals surface area contributed by atoms with Crippen LogP contribution in [0.2, 0.25) is 0 Å². The topological polar surface area (TPSA) is 63.2 Å². The first kappa shape index (κ1) is 18.7. The number of benzene rings is 2. The Kier molecular flexibility index (Phi) is 5.31. The number of hydrogen-bond acceptors (Lipinski definition) is 3. The molecular weight excluding hydrogens is 338 g/mol. The first-order valence-corrected chi connectivity index (χ1v) is 8.97. The maximum atomic E-state index is 12.3. The van der Waals surface area contributed by atoms with Gasteiger partial charge in [0.1, 0.15) is 5.75 Å². The maximum absolute atomic E-state index is 12.3. The zero-order valence-corrected chi connectivity index (χ0v) is 16.2. The lowest BCUT2D eigenvalue weighted by Gasteiger charge is -2.23. The van der Waals surface area contributed by atoms with Gasteiger partial charge < -0.3 is 15.4 Å². The fraction of sp³-hybridized carbons (Fsp3) is 0.273. The third kappa shape index (κ3) is 4.56. The van der Waals surface area contributed by atoms with Gasteiger partial charge in [-0.3, -0.25) is 4.98 Å². The van der Waals surface area contributed by atoms with Crippen LogP contribution in [0.15, 0.2) is 54.7 Å². The van der Waals surface area contributed by atoms with E-state index in [4.69, 9.17) is 4.74 Å². The first-order chi connectivity index (χ1) is 12.8. The molecule has 0 aliphatic carbocycles. The largest absolute Gasteiger partial charge is 0.473 e. The summed E-state index contributed by atoms with van der Waals surface area (Å²) < 4.78 is 5.83. The highest BCUT2D eigenvalue weighted by atomic mass is 16.5. The Hall–Kier alpha value is -3.08. The number of nitrogens with zero attached hydrogens (tertiary/aromatic N) is 1. The summed E-state index contributed by atoms with van der Waals surface area (Å²) in [4.78, 5) is 16.6. The molecule has 0 atom stereocenters. The molecule has 2 aromatic carbocycles. The highest BCUT2D eigenvalue weighted by molar-refractivity contribution is 5.99. The molecule has 3 aromatic rings. The van der Waals surface area contributed by atoms with Crippen molar-refractivity contribution >= 4 is 22.6 Å². The molecule has 0 fully saturated rings. The number of hydrogen-bond donors (Lipinski definition) is 2. The van der Waals surface area contributed by atoms with Crippen LogP contribution in [0, 0.1) is 6.92 Å². The molecule has 1 aromatic heterocycles. The molecule has 3 rings (SSSR count). The van der Waals surface area contributed by atoms with Crippen LogP contribution in [0.5, 0.6) is 5.75 Å². The van der Waals surface area contributed by atoms with Gasteiger partial charge in [0.2, 0.25) is 0 Å². The second-order valence-corrected chi connectivity index (χ2v) is 7.55. The quantitative estimate of drug-likeness (QED) is 0.641. The van der Waals surface area contributed by atoms with Crippen molar-refractivity contribution in [2.45, 2.75) is 33.1 Å². The Morgan fingerprint density at radius 1 is 1.11 bits per heavy atom. The Morgan fingerprint density at radius 3 is 2.67 bits per heavy atom. The molecule has 1 heterocycles. The SMILES string of the molecule is Cc1ccc(OCNC(=O)Nc2cccc3cccnc23)c(C(C)(C)C)c1. The summed E-state index contributed by atoms with van der Waals surface area (Å²) in [5.41, 5.74) is 3.67. The summed E-state index contributed by atoms with van der Waals surface area (Å²) >= 11 is 0. The van der Waals surface area contributed by atoms with E-state index in [0.29, 0.717) is 5.69 Å². The second-order valence-electron chi connectivity index (χ2n) is 7.55. The van der Waals surface area contributed by atoms with Crippen molar-refractivity contribution in [3.05, 3.63) is 65.9 Å². The van der Waals surface area contributed by atoms with Gasteiger partial charge in [0.15, 0.2) is 6.73 Å². The van der Waals surface area contributed by atoms with Crippen LogP contribution in [-0.2, 0) is 5.41 Å². The number of aryl methyl sites for hydroxylation is 1. The van der Waals surface area contributed by atoms with Gasteiger partial charge in [0.05, 0.1) is 11.2 Å². The first-order valence-electron chi connectivity index (χ1n) is 8.97. The van der Waals surface area contributed by atoms with E-state index in [1.807, 2.05) is 42.5 Å². The van der Waals surface area contributed by atoms with Gasteiger partial charge >= 0.3 is 6.03 Å². The van der Waals surface area contributed by atoms with Crippen molar-refractivity contribution in [2.24, 2.45) is 0 Å². The maximum Gasteiger partial charge on any atom is 0.321 e. The van der Waals surface area contributed by atoms with Crippen molar-refractivity contribution in [1.82, 2.24) is 10.3 Å². The van der Waals surface area contributed by atoms with Crippen molar-refractivity contribution in [3.63, 3.8) is 0 Å². The molecule has 27 heavy (non-hydrogen) atoms. The number of carbonyl (C=O) groups excluding carboxylic acids is 1. The smallest absolute Gasteiger partial charge is 0.321 e. The van der Waals surface area contributed by atoms with Gasteiger partial charge in [-0.15, -0.1) is 0 Å². The Balaban J connectivity index is 1.64. The van der Waals surface area contributed by atoms with Gasteiger partial charge in [0, 0.05) is 11.6 Å². The van der Waals surface area contributed by atoms with Gasteiger partial charge in [-0.05, 0) is 36.1 Å². The normalized spacial score (nSPS) is 11.3. The Bertz CT molecular complexity index is 956. The monoisotopic (exact) mass is 363 g/mol. The lowest BCUT2D eigenvalue weighted by molar-refractivity contribution is 0.233. The van der Waals surface area contributed by atoms with E-state index in [1.54, 1.807) is 6.20 Å². The number of aromatic nitrogens is 1. The highest BCUT2D eigenvalue weighted by Gasteiger charge is 2.19. The summed E-state index contributed by atoms with van der Waals surface area (Å²) in [6, 6.07) is 15.2. The minimum atomic E-state index is -0.336. The Labute approximate surface area is 159 Å². The molecule has 0 saturated heterocycles. The van der Waals surface area contributed by atoms with Gasteiger partial charge in [-0.25, -0.2) is 4.79 Å². The molecule has 140 valence electrons. The summed E-state index contributed by atoms with van der Waals surface area (Å²) in [5.74, 6) is 0.778. The van der Waals surface area contributed by atoms with E-state index in [-0.39, 0.29) is 18.2 Å². The number of carbonyl (C=O) groups is 1. The summed E-state index contributed by atoms with van der Waals surface area (Å²) in [7, 11) is 0. The molecule has 0 unspecified atom stereocenters. The molecule has 0 bridgehead atoms. The van der Waals surface area contributed by atoms with Gasteiger partial charge in [-0.1, -0.05) is 56.7 Å². The number of anilines is 1. The van der Waals surface area contributed by atoms with E-state index in [1.165, 1.54) is 5.56 Å². The third-order valence-corrected chi connectivity index (χ3v) is 4.28. The molecule has 0 spiro atoms. The minimum absolute atomic E-state index is 0.0434. The average molecular weight is 363 g/mol. The second kappa shape index (κ2) is 7.66. The molecule has 2 N–H and O–H groups in total. The number of ether oxygens (including phenoxy) is 1. The number of pyridine rings is 1. The van der Waals surface area contributed by atoms with Crippen molar-refractivity contribution < 1.29 is 9.53 Å². The van der Waals surface area contributed by atoms with Crippen LogP contribution in [0.25, 0.3) is 10.9 Å². The fourth-order valence-electron chi connectivity index (χ4n) is 2.91. The molecule has 5 nitrogen and oxygen atoms in total. The van der Waals surface area contributed by atoms with E-state index >= 15 is 0 Å². The third-order valence-electron chi connectivity index (χ3n) is 4.28. The number of fused-ring (bicyclic) bond motifs is 1. The molecular formula is C22H25N3O2. The lowest BCUT2D eigenvalue weighted by atomic mass is 9.85. The summed E-state index contributed by atoms with van der Waals surface area (Å²) in [6.07, 6.45) is 1.71. The predicted octanol–water partition coefficient (Wildman–Crippen LogP) is 5.00. The molecule has 0 aliphatic rings. The van der Waals surface area contributed by atoms with Crippen LogP contribution < -0.4 is 15.4 Å². The van der Waals surface area contributed by atoms with Crippen LogP contribution in [-0.4, -0.2) is 17.7 Å². The summed E-state index contributed by atoms with van der Waals surface area (Å²) in [6.45, 7) is 8.56. The fourth-order valence-corrected chi connectivity index (χ4v) is 2.91. The van der Waals surface area contributed by atoms with Crippen LogP contribution in [0.1, 0.15) is 31.9 Å². The molecule has 2 amide bonds. The highest BCUT2D eigenvalue weighted by Crippen LogP contribution is 2.32. The van der Waals surface area contributed by atoms with Crippen LogP contribution in [0.4, 0.5) is 10.5 Å². The number of urea groups is 1. The van der Waals surface area contributed by atoms with Crippen LogP contribution >= 0.6 is 0 Å². The van der Waals surface area contributed by atoms with E-state index in [0.717, 1.165) is 22.2 Å². The summed E-state index contributed by atoms with van der Waals surface area (Å²) in [5, 5.41) is 6.54. The van der Waals surface area contributed by atoms with Gasteiger partial charge in [0.25, 0.3) is 0 Å². The van der Waals surface area contributed by atoms with E-state index in [2.05, 4.69) is 49.4 Å². The lowest BCUT2D eigenvalue weighted by Crippen LogP contribution is -2.32. The standard InChI is InChI=1S/C22H25N3O2/c1-15-10-11-19(17(13-15)22(2,3)4)27-14-24-21(26)25-18-9-5-7-16-8-6-12-23-20(16)18/h5-13H,14H2,1-4H3,(H2,24,25,26). The van der Waals surface area contributed by atoms with Crippen molar-refractivity contribution in [2.75, 3.05) is 12.0 Å². The number of para-hydroxylation sites is 1. The number of rotatable bonds is 4. The Morgan fingerprint density at radius 2 is 1.89 bits per heavy atom. The minimum Gasteiger partial charge on any atom is -0.473 e.